The maximum Gasteiger partial charge on any atom is 0.411 e. The molecule has 1 aromatic carbocycles. The minimum atomic E-state index is -1.08. The van der Waals surface area contributed by atoms with E-state index in [9.17, 15) is 14.7 Å². The van der Waals surface area contributed by atoms with Gasteiger partial charge in [-0.1, -0.05) is 24.4 Å². The van der Waals surface area contributed by atoms with Crippen molar-refractivity contribution < 1.29 is 19.4 Å². The number of carboxylic acid groups (broad SMARTS) is 1. The average Bonchev–Trinajstić information content (AvgIpc) is 3.25. The van der Waals surface area contributed by atoms with Crippen LogP contribution in [0.25, 0.3) is 0 Å². The number of anilines is 1. The number of hydrogen-bond acceptors (Lipinski definition) is 4. The van der Waals surface area contributed by atoms with E-state index in [-0.39, 0.29) is 25.1 Å². The number of hydrogen-bond donors (Lipinski definition) is 1. The van der Waals surface area contributed by atoms with Gasteiger partial charge in [0.2, 0.25) is 0 Å². The first kappa shape index (κ1) is 20.9. The third kappa shape index (κ3) is 5.38. The highest BCUT2D eigenvalue weighted by Gasteiger charge is 2.24. The van der Waals surface area contributed by atoms with Crippen molar-refractivity contribution in [3.05, 3.63) is 53.3 Å². The van der Waals surface area contributed by atoms with Crippen LogP contribution >= 0.6 is 11.6 Å². The number of benzene rings is 1. The molecule has 1 aromatic heterocycles. The van der Waals surface area contributed by atoms with Crippen molar-refractivity contribution in [2.24, 2.45) is 0 Å². The molecule has 2 amide bonds. The third-order valence-electron chi connectivity index (χ3n) is 5.10. The second-order valence-corrected chi connectivity index (χ2v) is 7.45. The molecule has 1 aliphatic carbocycles. The van der Waals surface area contributed by atoms with Crippen LogP contribution in [0.2, 0.25) is 5.02 Å². The van der Waals surface area contributed by atoms with Crippen LogP contribution in [-0.4, -0.2) is 53.2 Å². The van der Waals surface area contributed by atoms with E-state index in [0.29, 0.717) is 22.0 Å². The van der Waals surface area contributed by atoms with Gasteiger partial charge < -0.3 is 14.7 Å². The first-order chi connectivity index (χ1) is 14.0. The zero-order chi connectivity index (χ0) is 20.8. The van der Waals surface area contributed by atoms with E-state index in [2.05, 4.69) is 4.98 Å². The Hall–Kier alpha value is -2.80. The fourth-order valence-electron chi connectivity index (χ4n) is 3.54. The van der Waals surface area contributed by atoms with Crippen LogP contribution in [0.15, 0.2) is 42.7 Å². The van der Waals surface area contributed by atoms with Crippen LogP contribution < -0.4 is 9.64 Å². The molecule has 0 spiro atoms. The first-order valence-electron chi connectivity index (χ1n) is 9.57. The molecule has 0 aliphatic heterocycles. The van der Waals surface area contributed by atoms with Crippen LogP contribution in [0.3, 0.4) is 0 Å². The predicted molar refractivity (Wildman–Crippen MR) is 111 cm³/mol. The van der Waals surface area contributed by atoms with Crippen LogP contribution in [0.1, 0.15) is 36.0 Å². The summed E-state index contributed by atoms with van der Waals surface area (Å²) in [5, 5.41) is 9.83. The molecule has 1 fully saturated rings. The second kappa shape index (κ2) is 9.60. The van der Waals surface area contributed by atoms with Gasteiger partial charge in [-0.05, 0) is 43.2 Å². The summed E-state index contributed by atoms with van der Waals surface area (Å²) in [5.41, 5.74) is 0.974. The molecule has 29 heavy (non-hydrogen) atoms. The molecule has 7 nitrogen and oxygen atoms in total. The number of aromatic nitrogens is 1. The van der Waals surface area contributed by atoms with Gasteiger partial charge in [0.25, 0.3) is 5.91 Å². The standard InChI is InChI=1S/C21H24ClN3O4/c1-24(17-4-2-3-5-17)20(26)15-12-16(22)14-19(13-15)29-11-10-25(21(27)28)18-6-8-23-9-7-18/h6-9,12-14,17H,2-5,10-11H2,1H3,(H,27,28). The molecule has 0 saturated heterocycles. The molecule has 0 unspecified atom stereocenters. The van der Waals surface area contributed by atoms with E-state index in [1.54, 1.807) is 35.2 Å². The SMILES string of the molecule is CN(C(=O)c1cc(Cl)cc(OCCN(C(=O)O)c2ccncc2)c1)C1CCCC1. The Morgan fingerprint density at radius 1 is 1.21 bits per heavy atom. The molecular formula is C21H24ClN3O4. The van der Waals surface area contributed by atoms with Crippen molar-refractivity contribution in [1.29, 1.82) is 0 Å². The van der Waals surface area contributed by atoms with Gasteiger partial charge in [-0.2, -0.15) is 0 Å². The molecule has 3 rings (SSSR count). The van der Waals surface area contributed by atoms with Gasteiger partial charge in [-0.3, -0.25) is 14.7 Å². The highest BCUT2D eigenvalue weighted by Crippen LogP contribution is 2.26. The van der Waals surface area contributed by atoms with Gasteiger partial charge in [0, 0.05) is 36.1 Å². The molecule has 8 heteroatoms. The van der Waals surface area contributed by atoms with E-state index in [0.717, 1.165) is 25.7 Å². The van der Waals surface area contributed by atoms with Crippen molar-refractivity contribution in [3.63, 3.8) is 0 Å². The average molecular weight is 418 g/mol. The van der Waals surface area contributed by atoms with E-state index in [4.69, 9.17) is 16.3 Å². The van der Waals surface area contributed by atoms with E-state index in [1.807, 2.05) is 7.05 Å². The molecule has 154 valence electrons. The summed E-state index contributed by atoms with van der Waals surface area (Å²) in [4.78, 5) is 31.2. The van der Waals surface area contributed by atoms with Crippen molar-refractivity contribution in [3.8, 4) is 5.75 Å². The first-order valence-corrected chi connectivity index (χ1v) is 9.94. The fourth-order valence-corrected chi connectivity index (χ4v) is 3.77. The molecule has 0 radical (unpaired) electrons. The maximum absolute atomic E-state index is 12.8. The lowest BCUT2D eigenvalue weighted by atomic mass is 10.1. The van der Waals surface area contributed by atoms with Crippen molar-refractivity contribution in [1.82, 2.24) is 9.88 Å². The quantitative estimate of drug-likeness (QED) is 0.725. The Bertz CT molecular complexity index is 856. The highest BCUT2D eigenvalue weighted by molar-refractivity contribution is 6.31. The number of amides is 2. The van der Waals surface area contributed by atoms with Crippen LogP contribution in [-0.2, 0) is 0 Å². The smallest absolute Gasteiger partial charge is 0.411 e. The molecular weight excluding hydrogens is 394 g/mol. The third-order valence-corrected chi connectivity index (χ3v) is 5.32. The number of nitrogens with zero attached hydrogens (tertiary/aromatic N) is 3. The van der Waals surface area contributed by atoms with Crippen LogP contribution in [0.4, 0.5) is 10.5 Å². The monoisotopic (exact) mass is 417 g/mol. The fraction of sp³-hybridized carbons (Fsp3) is 0.381. The summed E-state index contributed by atoms with van der Waals surface area (Å²) in [6.45, 7) is 0.234. The molecule has 1 aliphatic rings. The number of pyridine rings is 1. The Labute approximate surface area is 174 Å². The minimum Gasteiger partial charge on any atom is -0.492 e. The van der Waals surface area contributed by atoms with Gasteiger partial charge in [0.1, 0.15) is 12.4 Å². The maximum atomic E-state index is 12.8. The largest absolute Gasteiger partial charge is 0.492 e. The van der Waals surface area contributed by atoms with Gasteiger partial charge in [0.05, 0.1) is 12.2 Å². The number of halogens is 1. The number of rotatable bonds is 7. The molecule has 0 atom stereocenters. The Balaban J connectivity index is 1.65. The summed E-state index contributed by atoms with van der Waals surface area (Å²) in [6.07, 6.45) is 6.30. The zero-order valence-corrected chi connectivity index (χ0v) is 17.0. The summed E-state index contributed by atoms with van der Waals surface area (Å²) in [6, 6.07) is 8.38. The summed E-state index contributed by atoms with van der Waals surface area (Å²) < 4.78 is 5.71. The minimum absolute atomic E-state index is 0.0896. The lowest BCUT2D eigenvalue weighted by molar-refractivity contribution is 0.0734. The van der Waals surface area contributed by atoms with Crippen molar-refractivity contribution in [2.75, 3.05) is 25.1 Å². The molecule has 1 N–H and O–H groups in total. The normalized spacial score (nSPS) is 13.9. The summed E-state index contributed by atoms with van der Waals surface area (Å²) >= 11 is 6.18. The number of carbonyl (C=O) groups is 2. The highest BCUT2D eigenvalue weighted by atomic mass is 35.5. The van der Waals surface area contributed by atoms with E-state index >= 15 is 0 Å². The zero-order valence-electron chi connectivity index (χ0n) is 16.3. The Morgan fingerprint density at radius 3 is 2.55 bits per heavy atom. The topological polar surface area (TPSA) is 83.0 Å². The van der Waals surface area contributed by atoms with Gasteiger partial charge in [-0.25, -0.2) is 4.79 Å². The lowest BCUT2D eigenvalue weighted by Crippen LogP contribution is -2.35. The van der Waals surface area contributed by atoms with Gasteiger partial charge >= 0.3 is 6.09 Å². The molecule has 0 bridgehead atoms. The Morgan fingerprint density at radius 2 is 1.90 bits per heavy atom. The number of carbonyl (C=O) groups excluding carboxylic acids is 1. The number of ether oxygens (including phenoxy) is 1. The second-order valence-electron chi connectivity index (χ2n) is 7.02. The van der Waals surface area contributed by atoms with E-state index < -0.39 is 6.09 Å². The summed E-state index contributed by atoms with van der Waals surface area (Å²) in [7, 11) is 1.82. The summed E-state index contributed by atoms with van der Waals surface area (Å²) in [5.74, 6) is 0.342. The van der Waals surface area contributed by atoms with Crippen LogP contribution in [0, 0.1) is 0 Å². The van der Waals surface area contributed by atoms with E-state index in [1.165, 1.54) is 17.3 Å². The predicted octanol–water partition coefficient (Wildman–Crippen LogP) is 4.31. The Kier molecular flexibility index (Phi) is 6.93. The lowest BCUT2D eigenvalue weighted by Gasteiger charge is -2.24. The molecule has 1 heterocycles. The molecule has 1 saturated carbocycles. The van der Waals surface area contributed by atoms with Crippen LogP contribution in [0.5, 0.6) is 5.75 Å². The van der Waals surface area contributed by atoms with Gasteiger partial charge in [0.15, 0.2) is 0 Å². The molecule has 2 aromatic rings. The van der Waals surface area contributed by atoms with Crippen molar-refractivity contribution in [2.45, 2.75) is 31.7 Å². The van der Waals surface area contributed by atoms with Crippen molar-refractivity contribution >= 4 is 29.3 Å². The van der Waals surface area contributed by atoms with Gasteiger partial charge in [-0.15, -0.1) is 0 Å².